The smallest absolute Gasteiger partial charge is 0.0787 e. The van der Waals surface area contributed by atoms with Gasteiger partial charge in [0.15, 0.2) is 0 Å². The standard InChI is InChI=1S/C12H20N2O2/c1-13-10-14(8-7-12(16)9-15)11-5-3-2-4-6-11/h2-6,12-13,15-16H,7-10H2,1H3. The number of nitrogens with zero attached hydrogens (tertiary/aromatic N) is 1. The van der Waals surface area contributed by atoms with Crippen LogP contribution in [-0.4, -0.2) is 43.2 Å². The van der Waals surface area contributed by atoms with Crippen LogP contribution in [0.3, 0.4) is 0 Å². The summed E-state index contributed by atoms with van der Waals surface area (Å²) in [5, 5.41) is 21.2. The predicted molar refractivity (Wildman–Crippen MR) is 65.4 cm³/mol. The van der Waals surface area contributed by atoms with E-state index in [4.69, 9.17) is 5.11 Å². The molecule has 0 aliphatic carbocycles. The minimum Gasteiger partial charge on any atom is -0.394 e. The van der Waals surface area contributed by atoms with E-state index in [1.165, 1.54) is 0 Å². The fraction of sp³-hybridized carbons (Fsp3) is 0.500. The number of hydrogen-bond acceptors (Lipinski definition) is 4. The fourth-order valence-corrected chi connectivity index (χ4v) is 1.53. The second-order valence-electron chi connectivity index (χ2n) is 3.74. The number of anilines is 1. The van der Waals surface area contributed by atoms with Crippen LogP contribution < -0.4 is 10.2 Å². The molecule has 0 bridgehead atoms. The molecule has 0 aliphatic rings. The van der Waals surface area contributed by atoms with Crippen LogP contribution in [0, 0.1) is 0 Å². The maximum atomic E-state index is 9.32. The Bertz CT molecular complexity index is 280. The lowest BCUT2D eigenvalue weighted by atomic mass is 10.2. The number of aliphatic hydroxyl groups is 2. The van der Waals surface area contributed by atoms with E-state index in [-0.39, 0.29) is 6.61 Å². The van der Waals surface area contributed by atoms with E-state index >= 15 is 0 Å². The Labute approximate surface area is 96.5 Å². The second-order valence-corrected chi connectivity index (χ2v) is 3.74. The zero-order chi connectivity index (χ0) is 11.8. The van der Waals surface area contributed by atoms with Crippen molar-refractivity contribution in [2.24, 2.45) is 0 Å². The Kier molecular flexibility index (Phi) is 5.85. The molecule has 0 spiro atoms. The lowest BCUT2D eigenvalue weighted by Crippen LogP contribution is -2.35. The third-order valence-electron chi connectivity index (χ3n) is 2.41. The third kappa shape index (κ3) is 4.18. The Balaban J connectivity index is 2.54. The molecule has 1 rings (SSSR count). The molecule has 16 heavy (non-hydrogen) atoms. The summed E-state index contributed by atoms with van der Waals surface area (Å²) in [6, 6.07) is 10.0. The quantitative estimate of drug-likeness (QED) is 0.587. The lowest BCUT2D eigenvalue weighted by molar-refractivity contribution is 0.0897. The summed E-state index contributed by atoms with van der Waals surface area (Å²) in [5.41, 5.74) is 1.11. The van der Waals surface area contributed by atoms with Crippen molar-refractivity contribution in [2.45, 2.75) is 12.5 Å². The molecule has 4 nitrogen and oxygen atoms in total. The summed E-state index contributed by atoms with van der Waals surface area (Å²) in [6.07, 6.45) is -0.0735. The molecule has 0 aromatic heterocycles. The number of para-hydroxylation sites is 1. The molecule has 0 fully saturated rings. The van der Waals surface area contributed by atoms with Gasteiger partial charge in [-0.15, -0.1) is 0 Å². The summed E-state index contributed by atoms with van der Waals surface area (Å²) in [6.45, 7) is 1.26. The molecule has 1 unspecified atom stereocenters. The van der Waals surface area contributed by atoms with Crippen LogP contribution in [0.2, 0.25) is 0 Å². The molecule has 0 amide bonds. The van der Waals surface area contributed by atoms with E-state index < -0.39 is 6.10 Å². The highest BCUT2D eigenvalue weighted by Crippen LogP contribution is 2.12. The maximum absolute atomic E-state index is 9.32. The van der Waals surface area contributed by atoms with E-state index in [0.29, 0.717) is 13.0 Å². The Morgan fingerprint density at radius 1 is 1.31 bits per heavy atom. The van der Waals surface area contributed by atoms with Crippen molar-refractivity contribution in [3.8, 4) is 0 Å². The van der Waals surface area contributed by atoms with Crippen LogP contribution >= 0.6 is 0 Å². The number of benzene rings is 1. The van der Waals surface area contributed by atoms with Gasteiger partial charge in [-0.1, -0.05) is 18.2 Å². The number of nitrogens with one attached hydrogen (secondary N) is 1. The van der Waals surface area contributed by atoms with Crippen molar-refractivity contribution < 1.29 is 10.2 Å². The van der Waals surface area contributed by atoms with Crippen molar-refractivity contribution in [3.05, 3.63) is 30.3 Å². The Hall–Kier alpha value is -1.10. The average molecular weight is 224 g/mol. The van der Waals surface area contributed by atoms with Crippen LogP contribution in [0.4, 0.5) is 5.69 Å². The van der Waals surface area contributed by atoms with E-state index in [1.54, 1.807) is 0 Å². The summed E-state index contributed by atoms with van der Waals surface area (Å²) < 4.78 is 0. The minimum absolute atomic E-state index is 0.178. The normalized spacial score (nSPS) is 12.4. The van der Waals surface area contributed by atoms with Crippen LogP contribution in [0.1, 0.15) is 6.42 Å². The first kappa shape index (κ1) is 13.0. The molecule has 0 saturated carbocycles. The van der Waals surface area contributed by atoms with E-state index in [9.17, 15) is 5.11 Å². The van der Waals surface area contributed by atoms with Gasteiger partial charge in [0.2, 0.25) is 0 Å². The van der Waals surface area contributed by atoms with Gasteiger partial charge in [-0.3, -0.25) is 0 Å². The van der Waals surface area contributed by atoms with Gasteiger partial charge >= 0.3 is 0 Å². The average Bonchev–Trinajstić information content (AvgIpc) is 2.35. The molecule has 1 aromatic carbocycles. The van der Waals surface area contributed by atoms with Gasteiger partial charge in [-0.2, -0.15) is 0 Å². The van der Waals surface area contributed by atoms with Gasteiger partial charge in [-0.05, 0) is 25.6 Å². The predicted octanol–water partition coefficient (Wildman–Crippen LogP) is 0.413. The van der Waals surface area contributed by atoms with Crippen molar-refractivity contribution in [2.75, 3.05) is 31.8 Å². The summed E-state index contributed by atoms with van der Waals surface area (Å²) >= 11 is 0. The van der Waals surface area contributed by atoms with Crippen LogP contribution in [0.25, 0.3) is 0 Å². The zero-order valence-electron chi connectivity index (χ0n) is 9.63. The monoisotopic (exact) mass is 224 g/mol. The van der Waals surface area contributed by atoms with Crippen LogP contribution in [0.15, 0.2) is 30.3 Å². The van der Waals surface area contributed by atoms with Crippen molar-refractivity contribution in [1.82, 2.24) is 5.32 Å². The second kappa shape index (κ2) is 7.22. The van der Waals surface area contributed by atoms with Crippen molar-refractivity contribution in [1.29, 1.82) is 0 Å². The van der Waals surface area contributed by atoms with Crippen LogP contribution in [0.5, 0.6) is 0 Å². The topological polar surface area (TPSA) is 55.7 Å². The first-order valence-corrected chi connectivity index (χ1v) is 5.51. The summed E-state index contributed by atoms with van der Waals surface area (Å²) in [4.78, 5) is 2.12. The minimum atomic E-state index is -0.636. The van der Waals surface area contributed by atoms with Crippen molar-refractivity contribution >= 4 is 5.69 Å². The highest BCUT2D eigenvalue weighted by Gasteiger charge is 2.08. The summed E-state index contributed by atoms with van der Waals surface area (Å²) in [5.74, 6) is 0. The van der Waals surface area contributed by atoms with E-state index in [2.05, 4.69) is 10.2 Å². The molecule has 0 saturated heterocycles. The molecule has 4 heteroatoms. The van der Waals surface area contributed by atoms with E-state index in [1.807, 2.05) is 37.4 Å². The van der Waals surface area contributed by atoms with Crippen LogP contribution in [-0.2, 0) is 0 Å². The molecule has 0 radical (unpaired) electrons. The van der Waals surface area contributed by atoms with Crippen molar-refractivity contribution in [3.63, 3.8) is 0 Å². The lowest BCUT2D eigenvalue weighted by Gasteiger charge is -2.25. The SMILES string of the molecule is CNCN(CCC(O)CO)c1ccccc1. The molecule has 3 N–H and O–H groups in total. The molecule has 0 heterocycles. The molecule has 90 valence electrons. The molecular weight excluding hydrogens is 204 g/mol. The van der Waals surface area contributed by atoms with Gasteiger partial charge in [-0.25, -0.2) is 0 Å². The highest BCUT2D eigenvalue weighted by molar-refractivity contribution is 5.45. The fourth-order valence-electron chi connectivity index (χ4n) is 1.53. The van der Waals surface area contributed by atoms with Gasteiger partial charge in [0, 0.05) is 12.2 Å². The third-order valence-corrected chi connectivity index (χ3v) is 2.41. The number of rotatable bonds is 7. The van der Waals surface area contributed by atoms with Gasteiger partial charge in [0.1, 0.15) is 0 Å². The number of hydrogen-bond donors (Lipinski definition) is 3. The first-order valence-electron chi connectivity index (χ1n) is 5.51. The zero-order valence-corrected chi connectivity index (χ0v) is 9.63. The number of aliphatic hydroxyl groups excluding tert-OH is 2. The molecule has 1 aromatic rings. The maximum Gasteiger partial charge on any atom is 0.0787 e. The summed E-state index contributed by atoms with van der Waals surface area (Å²) in [7, 11) is 1.89. The Morgan fingerprint density at radius 2 is 2.00 bits per heavy atom. The van der Waals surface area contributed by atoms with E-state index in [0.717, 1.165) is 12.4 Å². The first-order chi connectivity index (χ1) is 7.77. The largest absolute Gasteiger partial charge is 0.394 e. The molecule has 0 aliphatic heterocycles. The molecular formula is C12H20N2O2. The Morgan fingerprint density at radius 3 is 2.56 bits per heavy atom. The highest BCUT2D eigenvalue weighted by atomic mass is 16.3. The molecule has 1 atom stereocenters. The van der Waals surface area contributed by atoms with Gasteiger partial charge in [0.05, 0.1) is 19.4 Å². The van der Waals surface area contributed by atoms with Gasteiger partial charge < -0.3 is 20.4 Å². The van der Waals surface area contributed by atoms with Gasteiger partial charge in [0.25, 0.3) is 0 Å².